The lowest BCUT2D eigenvalue weighted by molar-refractivity contribution is -0.118. The van der Waals surface area contributed by atoms with E-state index in [2.05, 4.69) is 77.3 Å². The standard InChI is InChI=1S/C32H40N4O3/c1-3-8-31(37)36-12-7-11-25-18-26-29(19-28(25)36)38-22-27-30(39-33-32(26)27)21-35-15-13-34(14-16-35)20-23(2)17-24-9-5-4-6-10-24/h4-6,9-10,17-19,27,30H,3,7-8,11-16,20-22H2,1-2H3/b23-17+. The van der Waals surface area contributed by atoms with Crippen molar-refractivity contribution in [2.75, 3.05) is 57.3 Å². The van der Waals surface area contributed by atoms with Gasteiger partial charge in [-0.1, -0.05) is 54.1 Å². The number of ether oxygens (including phenoxy) is 1. The Balaban J connectivity index is 1.06. The predicted molar refractivity (Wildman–Crippen MR) is 155 cm³/mol. The van der Waals surface area contributed by atoms with Crippen molar-refractivity contribution in [1.29, 1.82) is 0 Å². The maximum absolute atomic E-state index is 12.7. The molecule has 0 N–H and O–H groups in total. The summed E-state index contributed by atoms with van der Waals surface area (Å²) in [6.45, 7) is 11.7. The van der Waals surface area contributed by atoms with E-state index in [9.17, 15) is 4.79 Å². The fourth-order valence-corrected chi connectivity index (χ4v) is 6.37. The van der Waals surface area contributed by atoms with E-state index in [1.165, 1.54) is 16.7 Å². The van der Waals surface area contributed by atoms with E-state index in [-0.39, 0.29) is 17.9 Å². The van der Waals surface area contributed by atoms with Gasteiger partial charge in [0.15, 0.2) is 6.10 Å². The fourth-order valence-electron chi connectivity index (χ4n) is 6.37. The van der Waals surface area contributed by atoms with Crippen molar-refractivity contribution in [2.24, 2.45) is 11.1 Å². The Bertz CT molecular complexity index is 1250. The van der Waals surface area contributed by atoms with Crippen LogP contribution in [0.1, 0.15) is 49.8 Å². The van der Waals surface area contributed by atoms with Gasteiger partial charge in [0.05, 0.1) is 11.6 Å². The molecule has 2 aromatic rings. The van der Waals surface area contributed by atoms with Crippen LogP contribution < -0.4 is 9.64 Å². The molecule has 4 heterocycles. The first kappa shape index (κ1) is 26.1. The number of oxime groups is 1. The van der Waals surface area contributed by atoms with Crippen molar-refractivity contribution in [3.8, 4) is 5.75 Å². The lowest BCUT2D eigenvalue weighted by Crippen LogP contribution is -2.50. The Kier molecular flexibility index (Phi) is 7.71. The van der Waals surface area contributed by atoms with Gasteiger partial charge in [0.2, 0.25) is 5.91 Å². The molecule has 2 atom stereocenters. The van der Waals surface area contributed by atoms with Crippen molar-refractivity contribution >= 4 is 23.4 Å². The summed E-state index contributed by atoms with van der Waals surface area (Å²) in [5, 5.41) is 4.58. The lowest BCUT2D eigenvalue weighted by atomic mass is 9.87. The van der Waals surface area contributed by atoms with Crippen LogP contribution in [0.3, 0.4) is 0 Å². The zero-order chi connectivity index (χ0) is 26.8. The number of carbonyl (C=O) groups is 1. The maximum Gasteiger partial charge on any atom is 0.226 e. The molecule has 1 saturated heterocycles. The van der Waals surface area contributed by atoms with E-state index in [0.717, 1.165) is 87.8 Å². The van der Waals surface area contributed by atoms with Crippen molar-refractivity contribution in [3.63, 3.8) is 0 Å². The second-order valence-corrected chi connectivity index (χ2v) is 11.4. The number of anilines is 1. The monoisotopic (exact) mass is 528 g/mol. The molecule has 4 aliphatic rings. The highest BCUT2D eigenvalue weighted by Gasteiger charge is 2.41. The molecule has 0 radical (unpaired) electrons. The molecule has 6 rings (SSSR count). The molecule has 39 heavy (non-hydrogen) atoms. The van der Waals surface area contributed by atoms with Crippen molar-refractivity contribution in [2.45, 2.75) is 45.6 Å². The molecule has 1 fully saturated rings. The molecule has 0 bridgehead atoms. The Morgan fingerprint density at radius 1 is 1.08 bits per heavy atom. The van der Waals surface area contributed by atoms with Gasteiger partial charge in [-0.05, 0) is 43.4 Å². The fraction of sp³-hybridized carbons (Fsp3) is 0.500. The smallest absolute Gasteiger partial charge is 0.226 e. The molecule has 0 aliphatic carbocycles. The summed E-state index contributed by atoms with van der Waals surface area (Å²) >= 11 is 0. The number of fused-ring (bicyclic) bond motifs is 4. The molecule has 0 aromatic heterocycles. The topological polar surface area (TPSA) is 57.6 Å². The number of piperazine rings is 1. The van der Waals surface area contributed by atoms with Crippen molar-refractivity contribution in [3.05, 3.63) is 64.7 Å². The van der Waals surface area contributed by atoms with Gasteiger partial charge in [-0.3, -0.25) is 14.6 Å². The summed E-state index contributed by atoms with van der Waals surface area (Å²) in [7, 11) is 0. The number of aryl methyl sites for hydroxylation is 1. The summed E-state index contributed by atoms with van der Waals surface area (Å²) in [4.78, 5) is 25.8. The molecular formula is C32H40N4O3. The second-order valence-electron chi connectivity index (χ2n) is 11.4. The summed E-state index contributed by atoms with van der Waals surface area (Å²) < 4.78 is 6.29. The number of carbonyl (C=O) groups excluding carboxylic acids is 1. The van der Waals surface area contributed by atoms with Crippen LogP contribution in [0.15, 0.2) is 53.2 Å². The number of benzene rings is 2. The van der Waals surface area contributed by atoms with E-state index in [1.54, 1.807) is 0 Å². The lowest BCUT2D eigenvalue weighted by Gasteiger charge is -2.37. The van der Waals surface area contributed by atoms with Crippen LogP contribution in [-0.4, -0.2) is 79.9 Å². The van der Waals surface area contributed by atoms with Crippen LogP contribution >= 0.6 is 0 Å². The Morgan fingerprint density at radius 2 is 1.87 bits per heavy atom. The van der Waals surface area contributed by atoms with Gasteiger partial charge in [0.25, 0.3) is 0 Å². The van der Waals surface area contributed by atoms with Gasteiger partial charge >= 0.3 is 0 Å². The SMILES string of the molecule is CCCC(=O)N1CCCc2cc3c(cc21)OCC1C3=NOC1CN1CCN(C/C(C)=C/c2ccccc2)CC1. The van der Waals surface area contributed by atoms with Gasteiger partial charge in [0, 0.05) is 63.9 Å². The van der Waals surface area contributed by atoms with Gasteiger partial charge < -0.3 is 14.5 Å². The van der Waals surface area contributed by atoms with Crippen LogP contribution in [-0.2, 0) is 16.1 Å². The third-order valence-corrected chi connectivity index (χ3v) is 8.43. The first-order valence-corrected chi connectivity index (χ1v) is 14.6. The maximum atomic E-state index is 12.7. The molecular weight excluding hydrogens is 488 g/mol. The Morgan fingerprint density at radius 3 is 2.67 bits per heavy atom. The average molecular weight is 529 g/mol. The van der Waals surface area contributed by atoms with Gasteiger partial charge in [0.1, 0.15) is 18.1 Å². The average Bonchev–Trinajstić information content (AvgIpc) is 3.36. The molecule has 2 aromatic carbocycles. The van der Waals surface area contributed by atoms with E-state index in [0.29, 0.717) is 13.0 Å². The van der Waals surface area contributed by atoms with Crippen molar-refractivity contribution in [1.82, 2.24) is 9.80 Å². The van der Waals surface area contributed by atoms with E-state index in [4.69, 9.17) is 9.57 Å². The number of hydrogen-bond donors (Lipinski definition) is 0. The first-order valence-electron chi connectivity index (χ1n) is 14.6. The summed E-state index contributed by atoms with van der Waals surface area (Å²) in [6, 6.07) is 14.8. The van der Waals surface area contributed by atoms with Gasteiger partial charge in [-0.15, -0.1) is 0 Å². The van der Waals surface area contributed by atoms with Crippen LogP contribution in [0, 0.1) is 5.92 Å². The number of hydrogen-bond acceptors (Lipinski definition) is 6. The molecule has 4 aliphatic heterocycles. The zero-order valence-corrected chi connectivity index (χ0v) is 23.3. The molecule has 7 nitrogen and oxygen atoms in total. The van der Waals surface area contributed by atoms with E-state index < -0.39 is 0 Å². The van der Waals surface area contributed by atoms with Crippen LogP contribution in [0.2, 0.25) is 0 Å². The molecule has 1 amide bonds. The number of amides is 1. The highest BCUT2D eigenvalue weighted by Crippen LogP contribution is 2.40. The van der Waals surface area contributed by atoms with Gasteiger partial charge in [-0.2, -0.15) is 0 Å². The number of rotatable bonds is 7. The molecule has 7 heteroatoms. The molecule has 0 saturated carbocycles. The highest BCUT2D eigenvalue weighted by atomic mass is 16.6. The number of nitrogens with zero attached hydrogens (tertiary/aromatic N) is 4. The largest absolute Gasteiger partial charge is 0.492 e. The third kappa shape index (κ3) is 5.61. The highest BCUT2D eigenvalue weighted by molar-refractivity contribution is 6.07. The molecule has 0 spiro atoms. The predicted octanol–water partition coefficient (Wildman–Crippen LogP) is 4.60. The van der Waals surface area contributed by atoms with Crippen LogP contribution in [0.5, 0.6) is 5.75 Å². The Hall–Kier alpha value is -3.16. The van der Waals surface area contributed by atoms with Gasteiger partial charge in [-0.25, -0.2) is 0 Å². The molecule has 2 unspecified atom stereocenters. The van der Waals surface area contributed by atoms with Crippen molar-refractivity contribution < 1.29 is 14.4 Å². The first-order chi connectivity index (χ1) is 19.1. The molecule has 206 valence electrons. The van der Waals surface area contributed by atoms with Crippen LogP contribution in [0.25, 0.3) is 6.08 Å². The zero-order valence-electron chi connectivity index (χ0n) is 23.3. The normalized spacial score (nSPS) is 23.3. The van der Waals surface area contributed by atoms with Crippen LogP contribution in [0.4, 0.5) is 5.69 Å². The minimum atomic E-state index is 0.0121. The summed E-state index contributed by atoms with van der Waals surface area (Å²) in [6.07, 6.45) is 5.72. The quantitative estimate of drug-likeness (QED) is 0.526. The van der Waals surface area contributed by atoms with E-state index >= 15 is 0 Å². The summed E-state index contributed by atoms with van der Waals surface area (Å²) in [5.74, 6) is 1.18. The Labute approximate surface area is 232 Å². The minimum absolute atomic E-state index is 0.0121. The summed E-state index contributed by atoms with van der Waals surface area (Å²) in [5.41, 5.74) is 6.95. The third-order valence-electron chi connectivity index (χ3n) is 8.43. The second kappa shape index (κ2) is 11.5. The van der Waals surface area contributed by atoms with E-state index in [1.807, 2.05) is 4.90 Å². The minimum Gasteiger partial charge on any atom is -0.492 e.